The molecule has 0 saturated carbocycles. The first-order valence-electron chi connectivity index (χ1n) is 6.77. The maximum absolute atomic E-state index is 12.3. The van der Waals surface area contributed by atoms with E-state index in [2.05, 4.69) is 0 Å². The molecule has 0 atom stereocenters. The van der Waals surface area contributed by atoms with E-state index in [4.69, 9.17) is 11.6 Å². The first kappa shape index (κ1) is 14.4. The van der Waals surface area contributed by atoms with Gasteiger partial charge in [-0.05, 0) is 29.8 Å². The number of aromatic nitrogens is 2. The molecule has 1 heterocycles. The quantitative estimate of drug-likeness (QED) is 0.698. The maximum atomic E-state index is 12.3. The Labute approximate surface area is 131 Å². The smallest absolute Gasteiger partial charge is 0.305 e. The monoisotopic (exact) mass is 312 g/mol. The van der Waals surface area contributed by atoms with Crippen LogP contribution in [0.25, 0.3) is 5.69 Å². The fraction of sp³-hybridized carbons (Fsp3) is 0.0588. The SMILES string of the molecule is O=c1c(=O)n(-c2ccccc2)ccn1Cc1cccc(Cl)c1. The zero-order valence-electron chi connectivity index (χ0n) is 11.6. The minimum Gasteiger partial charge on any atom is -0.305 e. The molecule has 3 rings (SSSR count). The van der Waals surface area contributed by atoms with Crippen LogP contribution in [0.5, 0.6) is 0 Å². The van der Waals surface area contributed by atoms with Crippen LogP contribution in [0.4, 0.5) is 0 Å². The second-order valence-corrected chi connectivity index (χ2v) is 5.31. The average molecular weight is 313 g/mol. The molecule has 0 saturated heterocycles. The highest BCUT2D eigenvalue weighted by Gasteiger charge is 2.07. The van der Waals surface area contributed by atoms with Gasteiger partial charge in [0, 0.05) is 23.1 Å². The second kappa shape index (κ2) is 6.03. The summed E-state index contributed by atoms with van der Waals surface area (Å²) in [6.45, 7) is 0.310. The first-order valence-corrected chi connectivity index (χ1v) is 7.15. The van der Waals surface area contributed by atoms with Crippen LogP contribution >= 0.6 is 11.6 Å². The molecule has 110 valence electrons. The van der Waals surface area contributed by atoms with Gasteiger partial charge in [0.15, 0.2) is 0 Å². The van der Waals surface area contributed by atoms with E-state index in [0.29, 0.717) is 17.3 Å². The van der Waals surface area contributed by atoms with E-state index in [1.807, 2.05) is 30.3 Å². The van der Waals surface area contributed by atoms with Crippen LogP contribution < -0.4 is 11.1 Å². The number of para-hydroxylation sites is 1. The molecule has 0 radical (unpaired) electrons. The van der Waals surface area contributed by atoms with E-state index in [1.54, 1.807) is 36.7 Å². The van der Waals surface area contributed by atoms with Crippen molar-refractivity contribution in [2.75, 3.05) is 0 Å². The maximum Gasteiger partial charge on any atom is 0.320 e. The van der Waals surface area contributed by atoms with Crippen LogP contribution in [-0.4, -0.2) is 9.13 Å². The molecule has 0 unspecified atom stereocenters. The Morgan fingerprint density at radius 3 is 2.36 bits per heavy atom. The third kappa shape index (κ3) is 2.87. The summed E-state index contributed by atoms with van der Waals surface area (Å²) in [5.74, 6) is 0. The minimum atomic E-state index is -0.573. The summed E-state index contributed by atoms with van der Waals surface area (Å²) < 4.78 is 2.73. The zero-order valence-corrected chi connectivity index (χ0v) is 12.4. The number of benzene rings is 2. The Morgan fingerprint density at radius 1 is 0.864 bits per heavy atom. The fourth-order valence-corrected chi connectivity index (χ4v) is 2.47. The molecule has 0 fully saturated rings. The summed E-state index contributed by atoms with van der Waals surface area (Å²) in [6.07, 6.45) is 3.21. The number of rotatable bonds is 3. The van der Waals surface area contributed by atoms with Gasteiger partial charge < -0.3 is 4.57 Å². The molecule has 22 heavy (non-hydrogen) atoms. The van der Waals surface area contributed by atoms with E-state index >= 15 is 0 Å². The molecule has 0 spiro atoms. The molecule has 0 aliphatic rings. The number of hydrogen-bond donors (Lipinski definition) is 0. The van der Waals surface area contributed by atoms with Gasteiger partial charge >= 0.3 is 11.1 Å². The summed E-state index contributed by atoms with van der Waals surface area (Å²) in [6, 6.07) is 16.3. The molecule has 3 aromatic rings. The van der Waals surface area contributed by atoms with E-state index in [0.717, 1.165) is 5.56 Å². The third-order valence-electron chi connectivity index (χ3n) is 3.33. The van der Waals surface area contributed by atoms with Gasteiger partial charge in [-0.2, -0.15) is 0 Å². The molecule has 0 aliphatic heterocycles. The summed E-state index contributed by atoms with van der Waals surface area (Å²) in [7, 11) is 0. The summed E-state index contributed by atoms with van der Waals surface area (Å²) in [5, 5.41) is 0.600. The molecular formula is C17H13ClN2O2. The van der Waals surface area contributed by atoms with Crippen LogP contribution in [0.3, 0.4) is 0 Å². The van der Waals surface area contributed by atoms with Crippen LogP contribution in [0, 0.1) is 0 Å². The van der Waals surface area contributed by atoms with Crippen molar-refractivity contribution in [3.63, 3.8) is 0 Å². The van der Waals surface area contributed by atoms with Crippen molar-refractivity contribution < 1.29 is 0 Å². The number of halogens is 1. The van der Waals surface area contributed by atoms with Gasteiger partial charge in [0.2, 0.25) is 0 Å². The fourth-order valence-electron chi connectivity index (χ4n) is 2.26. The topological polar surface area (TPSA) is 44.0 Å². The molecule has 5 heteroatoms. The predicted molar refractivity (Wildman–Crippen MR) is 86.9 cm³/mol. The highest BCUT2D eigenvalue weighted by molar-refractivity contribution is 6.30. The molecule has 0 amide bonds. The minimum absolute atomic E-state index is 0.310. The van der Waals surface area contributed by atoms with Crippen molar-refractivity contribution in [3.8, 4) is 5.69 Å². The third-order valence-corrected chi connectivity index (χ3v) is 3.57. The van der Waals surface area contributed by atoms with Crippen molar-refractivity contribution >= 4 is 11.6 Å². The van der Waals surface area contributed by atoms with Gasteiger partial charge in [0.1, 0.15) is 0 Å². The van der Waals surface area contributed by atoms with Gasteiger partial charge in [0.25, 0.3) is 0 Å². The normalized spacial score (nSPS) is 10.6. The Kier molecular flexibility index (Phi) is 3.94. The van der Waals surface area contributed by atoms with Crippen molar-refractivity contribution in [2.24, 2.45) is 0 Å². The standard InChI is InChI=1S/C17H13ClN2O2/c18-14-6-4-5-13(11-14)12-19-9-10-20(17(22)16(19)21)15-7-2-1-3-8-15/h1-11H,12H2. The number of nitrogens with zero attached hydrogens (tertiary/aromatic N) is 2. The lowest BCUT2D eigenvalue weighted by molar-refractivity contribution is 0.718. The molecular weight excluding hydrogens is 300 g/mol. The average Bonchev–Trinajstić information content (AvgIpc) is 2.53. The van der Waals surface area contributed by atoms with Crippen LogP contribution in [0.2, 0.25) is 5.02 Å². The lowest BCUT2D eigenvalue weighted by Gasteiger charge is -2.09. The second-order valence-electron chi connectivity index (χ2n) is 4.87. The van der Waals surface area contributed by atoms with Gasteiger partial charge in [-0.15, -0.1) is 0 Å². The van der Waals surface area contributed by atoms with Crippen molar-refractivity contribution in [3.05, 3.63) is 98.3 Å². The van der Waals surface area contributed by atoms with Gasteiger partial charge in [-0.25, -0.2) is 0 Å². The lowest BCUT2D eigenvalue weighted by atomic mass is 10.2. The highest BCUT2D eigenvalue weighted by atomic mass is 35.5. The van der Waals surface area contributed by atoms with Crippen LogP contribution in [-0.2, 0) is 6.54 Å². The molecule has 1 aromatic heterocycles. The van der Waals surface area contributed by atoms with Gasteiger partial charge in [0.05, 0.1) is 6.54 Å². The largest absolute Gasteiger partial charge is 0.320 e. The van der Waals surface area contributed by atoms with E-state index in [9.17, 15) is 9.59 Å². The molecule has 0 N–H and O–H groups in total. The Morgan fingerprint density at radius 2 is 1.64 bits per heavy atom. The molecule has 0 bridgehead atoms. The van der Waals surface area contributed by atoms with E-state index in [-0.39, 0.29) is 0 Å². The van der Waals surface area contributed by atoms with E-state index < -0.39 is 11.1 Å². The summed E-state index contributed by atoms with van der Waals surface area (Å²) in [5.41, 5.74) is 0.396. The molecule has 2 aromatic carbocycles. The van der Waals surface area contributed by atoms with Crippen molar-refractivity contribution in [1.82, 2.24) is 9.13 Å². The Hall–Kier alpha value is -2.59. The predicted octanol–water partition coefficient (Wildman–Crippen LogP) is 2.70. The molecule has 0 aliphatic carbocycles. The molecule has 4 nitrogen and oxygen atoms in total. The van der Waals surface area contributed by atoms with E-state index in [1.165, 1.54) is 9.13 Å². The van der Waals surface area contributed by atoms with Gasteiger partial charge in [-0.1, -0.05) is 41.9 Å². The zero-order chi connectivity index (χ0) is 15.5. The first-order chi connectivity index (χ1) is 10.6. The lowest BCUT2D eigenvalue weighted by Crippen LogP contribution is -2.40. The van der Waals surface area contributed by atoms with Crippen LogP contribution in [0.15, 0.2) is 76.6 Å². The van der Waals surface area contributed by atoms with Crippen molar-refractivity contribution in [1.29, 1.82) is 0 Å². The highest BCUT2D eigenvalue weighted by Crippen LogP contribution is 2.11. The van der Waals surface area contributed by atoms with Crippen molar-refractivity contribution in [2.45, 2.75) is 6.54 Å². The Balaban J connectivity index is 2.01. The summed E-state index contributed by atoms with van der Waals surface area (Å²) in [4.78, 5) is 24.5. The van der Waals surface area contributed by atoms with Crippen LogP contribution in [0.1, 0.15) is 5.56 Å². The number of hydrogen-bond acceptors (Lipinski definition) is 2. The Bertz CT molecular complexity index is 914. The summed E-state index contributed by atoms with van der Waals surface area (Å²) >= 11 is 5.93. The van der Waals surface area contributed by atoms with Gasteiger partial charge in [-0.3, -0.25) is 14.2 Å².